The quantitative estimate of drug-likeness (QED) is 0.801. The maximum absolute atomic E-state index is 12.2. The van der Waals surface area contributed by atoms with Crippen molar-refractivity contribution >= 4 is 22.4 Å². The Bertz CT molecular complexity index is 379. The summed E-state index contributed by atoms with van der Waals surface area (Å²) in [4.78, 5) is 16.1. The van der Waals surface area contributed by atoms with Gasteiger partial charge >= 0.3 is 0 Å². The number of hydrogen-bond donors (Lipinski definition) is 1. The summed E-state index contributed by atoms with van der Waals surface area (Å²) in [5.74, 6) is -0.0322. The smallest absolute Gasteiger partial charge is 0.284 e. The van der Waals surface area contributed by atoms with Crippen LogP contribution in [-0.2, 0) is 0 Å². The van der Waals surface area contributed by atoms with Crippen molar-refractivity contribution in [1.82, 2.24) is 20.0 Å². The van der Waals surface area contributed by atoms with Gasteiger partial charge in [0.15, 0.2) is 0 Å². The Morgan fingerprint density at radius 2 is 2.06 bits per heavy atom. The summed E-state index contributed by atoms with van der Waals surface area (Å²) in [7, 11) is 5.83. The van der Waals surface area contributed by atoms with E-state index in [9.17, 15) is 4.79 Å². The molecule has 0 saturated heterocycles. The monoisotopic (exact) mass is 271 g/mol. The first-order valence-corrected chi connectivity index (χ1v) is 6.85. The van der Waals surface area contributed by atoms with Gasteiger partial charge in [0.25, 0.3) is 5.91 Å². The Balaban J connectivity index is 2.55. The van der Waals surface area contributed by atoms with Crippen LogP contribution in [0.1, 0.15) is 23.1 Å². The van der Waals surface area contributed by atoms with E-state index in [0.29, 0.717) is 16.7 Å². The fraction of sp³-hybridized carbons (Fsp3) is 0.727. The SMILES string of the molecule is CCN(CCCN(C)C)C(=O)c1nnc(NC)s1. The number of amides is 1. The van der Waals surface area contributed by atoms with Crippen LogP contribution in [0.5, 0.6) is 0 Å². The molecule has 0 aromatic carbocycles. The molecular weight excluding hydrogens is 250 g/mol. The van der Waals surface area contributed by atoms with Crippen molar-refractivity contribution < 1.29 is 4.79 Å². The van der Waals surface area contributed by atoms with Crippen molar-refractivity contribution in [2.24, 2.45) is 0 Å². The minimum atomic E-state index is -0.0322. The fourth-order valence-electron chi connectivity index (χ4n) is 1.53. The minimum Gasteiger partial charge on any atom is -0.363 e. The molecule has 1 heterocycles. The Kier molecular flexibility index (Phi) is 6.00. The molecule has 0 bridgehead atoms. The average Bonchev–Trinajstić information content (AvgIpc) is 2.82. The molecule has 0 radical (unpaired) electrons. The maximum Gasteiger partial charge on any atom is 0.284 e. The van der Waals surface area contributed by atoms with E-state index in [0.717, 1.165) is 19.5 Å². The predicted molar refractivity (Wildman–Crippen MR) is 74.2 cm³/mol. The highest BCUT2D eigenvalue weighted by Crippen LogP contribution is 2.16. The van der Waals surface area contributed by atoms with E-state index in [2.05, 4.69) is 20.4 Å². The molecule has 0 aliphatic rings. The molecule has 6 nitrogen and oxygen atoms in total. The third-order valence-corrected chi connectivity index (χ3v) is 3.45. The molecule has 0 atom stereocenters. The zero-order chi connectivity index (χ0) is 13.5. The molecule has 102 valence electrons. The normalized spacial score (nSPS) is 10.7. The number of carbonyl (C=O) groups excluding carboxylic acids is 1. The number of hydrogen-bond acceptors (Lipinski definition) is 6. The Morgan fingerprint density at radius 3 is 2.56 bits per heavy atom. The van der Waals surface area contributed by atoms with Gasteiger partial charge in [-0.15, -0.1) is 10.2 Å². The van der Waals surface area contributed by atoms with E-state index >= 15 is 0 Å². The lowest BCUT2D eigenvalue weighted by Gasteiger charge is -2.20. The molecule has 0 saturated carbocycles. The van der Waals surface area contributed by atoms with Gasteiger partial charge in [0.1, 0.15) is 0 Å². The predicted octanol–water partition coefficient (Wildman–Crippen LogP) is 0.994. The van der Waals surface area contributed by atoms with Crippen LogP contribution < -0.4 is 5.32 Å². The second kappa shape index (κ2) is 7.27. The second-order valence-corrected chi connectivity index (χ2v) is 5.18. The lowest BCUT2D eigenvalue weighted by Crippen LogP contribution is -2.33. The molecule has 0 spiro atoms. The topological polar surface area (TPSA) is 61.4 Å². The van der Waals surface area contributed by atoms with Crippen LogP contribution >= 0.6 is 11.3 Å². The van der Waals surface area contributed by atoms with Crippen molar-refractivity contribution in [2.75, 3.05) is 46.1 Å². The minimum absolute atomic E-state index is 0.0322. The lowest BCUT2D eigenvalue weighted by atomic mass is 10.3. The average molecular weight is 271 g/mol. The molecule has 0 aliphatic heterocycles. The highest BCUT2D eigenvalue weighted by Gasteiger charge is 2.18. The summed E-state index contributed by atoms with van der Waals surface area (Å²) in [6.45, 7) is 4.40. The summed E-state index contributed by atoms with van der Waals surface area (Å²) in [6, 6.07) is 0. The molecule has 0 unspecified atom stereocenters. The van der Waals surface area contributed by atoms with Gasteiger partial charge in [0, 0.05) is 20.1 Å². The van der Waals surface area contributed by atoms with E-state index in [1.807, 2.05) is 25.9 Å². The van der Waals surface area contributed by atoms with Gasteiger partial charge in [-0.3, -0.25) is 4.79 Å². The Morgan fingerprint density at radius 1 is 1.33 bits per heavy atom. The molecule has 1 amide bonds. The second-order valence-electron chi connectivity index (χ2n) is 4.20. The number of rotatable bonds is 7. The number of anilines is 1. The van der Waals surface area contributed by atoms with Gasteiger partial charge in [0.2, 0.25) is 10.1 Å². The molecule has 1 aromatic heterocycles. The van der Waals surface area contributed by atoms with Gasteiger partial charge in [-0.2, -0.15) is 0 Å². The molecule has 1 rings (SSSR count). The molecule has 0 aliphatic carbocycles. The molecule has 1 N–H and O–H groups in total. The zero-order valence-corrected chi connectivity index (χ0v) is 12.3. The first-order valence-electron chi connectivity index (χ1n) is 6.03. The Hall–Kier alpha value is -1.21. The summed E-state index contributed by atoms with van der Waals surface area (Å²) < 4.78 is 0. The van der Waals surface area contributed by atoms with Crippen LogP contribution in [0.15, 0.2) is 0 Å². The number of carbonyl (C=O) groups is 1. The van der Waals surface area contributed by atoms with Gasteiger partial charge in [0.05, 0.1) is 0 Å². The third-order valence-electron chi connectivity index (χ3n) is 2.52. The summed E-state index contributed by atoms with van der Waals surface area (Å²) >= 11 is 1.29. The first kappa shape index (κ1) is 14.8. The molecule has 0 fully saturated rings. The van der Waals surface area contributed by atoms with Crippen molar-refractivity contribution in [3.8, 4) is 0 Å². The van der Waals surface area contributed by atoms with Gasteiger partial charge in [-0.05, 0) is 34.0 Å². The fourth-order valence-corrected chi connectivity index (χ4v) is 2.19. The van der Waals surface area contributed by atoms with Crippen LogP contribution in [0.3, 0.4) is 0 Å². The van der Waals surface area contributed by atoms with Crippen molar-refractivity contribution in [2.45, 2.75) is 13.3 Å². The van der Waals surface area contributed by atoms with E-state index in [-0.39, 0.29) is 5.91 Å². The highest BCUT2D eigenvalue weighted by molar-refractivity contribution is 7.17. The van der Waals surface area contributed by atoms with Crippen LogP contribution in [-0.4, -0.2) is 66.7 Å². The van der Waals surface area contributed by atoms with Gasteiger partial charge in [-0.1, -0.05) is 11.3 Å². The molecule has 7 heteroatoms. The van der Waals surface area contributed by atoms with E-state index < -0.39 is 0 Å². The van der Waals surface area contributed by atoms with E-state index in [4.69, 9.17) is 0 Å². The number of aromatic nitrogens is 2. The van der Waals surface area contributed by atoms with Crippen LogP contribution in [0.4, 0.5) is 5.13 Å². The molecule has 1 aromatic rings. The third kappa shape index (κ3) is 4.23. The number of nitrogens with one attached hydrogen (secondary N) is 1. The van der Waals surface area contributed by atoms with E-state index in [1.165, 1.54) is 11.3 Å². The van der Waals surface area contributed by atoms with Crippen molar-refractivity contribution in [3.63, 3.8) is 0 Å². The van der Waals surface area contributed by atoms with Crippen molar-refractivity contribution in [1.29, 1.82) is 0 Å². The lowest BCUT2D eigenvalue weighted by molar-refractivity contribution is 0.0758. The summed E-state index contributed by atoms with van der Waals surface area (Å²) in [5.41, 5.74) is 0. The van der Waals surface area contributed by atoms with Crippen LogP contribution in [0, 0.1) is 0 Å². The molecular formula is C11H21N5OS. The highest BCUT2D eigenvalue weighted by atomic mass is 32.1. The largest absolute Gasteiger partial charge is 0.363 e. The van der Waals surface area contributed by atoms with Gasteiger partial charge < -0.3 is 15.1 Å². The van der Waals surface area contributed by atoms with Crippen LogP contribution in [0.25, 0.3) is 0 Å². The van der Waals surface area contributed by atoms with E-state index in [1.54, 1.807) is 7.05 Å². The summed E-state index contributed by atoms with van der Waals surface area (Å²) in [5, 5.41) is 11.8. The van der Waals surface area contributed by atoms with Crippen LogP contribution in [0.2, 0.25) is 0 Å². The standard InChI is InChI=1S/C11H21N5OS/c1-5-16(8-6-7-15(3)4)10(17)9-13-14-11(12-2)18-9/h5-8H2,1-4H3,(H,12,14). The molecule has 18 heavy (non-hydrogen) atoms. The first-order chi connectivity index (χ1) is 8.58. The van der Waals surface area contributed by atoms with Crippen molar-refractivity contribution in [3.05, 3.63) is 5.01 Å². The Labute approximate surface area is 112 Å². The number of nitrogens with zero attached hydrogens (tertiary/aromatic N) is 4. The zero-order valence-electron chi connectivity index (χ0n) is 11.4. The summed E-state index contributed by atoms with van der Waals surface area (Å²) in [6.07, 6.45) is 0.963. The van der Waals surface area contributed by atoms with Gasteiger partial charge in [-0.25, -0.2) is 0 Å². The maximum atomic E-state index is 12.2.